The smallest absolute Gasteiger partial charge is 0.261 e. The third kappa shape index (κ3) is 4.03. The van der Waals surface area contributed by atoms with Gasteiger partial charge in [0.1, 0.15) is 5.75 Å². The van der Waals surface area contributed by atoms with E-state index < -0.39 is 6.10 Å². The predicted octanol–water partition coefficient (Wildman–Crippen LogP) is 3.98. The third-order valence-electron chi connectivity index (χ3n) is 4.41. The number of nitrogens with one attached hydrogen (secondary N) is 1. The van der Waals surface area contributed by atoms with E-state index in [0.717, 1.165) is 21.9 Å². The van der Waals surface area contributed by atoms with Crippen LogP contribution in [0, 0.1) is 0 Å². The van der Waals surface area contributed by atoms with Gasteiger partial charge in [0, 0.05) is 0 Å². The van der Waals surface area contributed by atoms with Gasteiger partial charge in [0.15, 0.2) is 6.10 Å². The highest BCUT2D eigenvalue weighted by Gasteiger charge is 2.19. The number of fused-ring (bicyclic) bond motifs is 1. The second-order valence-corrected chi connectivity index (χ2v) is 6.36. The van der Waals surface area contributed by atoms with Gasteiger partial charge in [-0.25, -0.2) is 0 Å². The van der Waals surface area contributed by atoms with Crippen LogP contribution in [0.3, 0.4) is 0 Å². The van der Waals surface area contributed by atoms with Crippen LogP contribution in [0.15, 0.2) is 66.7 Å². The summed E-state index contributed by atoms with van der Waals surface area (Å²) in [4.78, 5) is 12.5. The van der Waals surface area contributed by atoms with Gasteiger partial charge in [-0.15, -0.1) is 0 Å². The maximum absolute atomic E-state index is 12.5. The Morgan fingerprint density at radius 2 is 1.77 bits per heavy atom. The summed E-state index contributed by atoms with van der Waals surface area (Å²) in [6.07, 6.45) is -0.638. The van der Waals surface area contributed by atoms with E-state index in [1.807, 2.05) is 31.2 Å². The highest BCUT2D eigenvalue weighted by Crippen LogP contribution is 2.24. The minimum atomic E-state index is -0.638. The van der Waals surface area contributed by atoms with Crippen molar-refractivity contribution in [2.75, 3.05) is 0 Å². The number of rotatable bonds is 6. The quantitative estimate of drug-likeness (QED) is 0.708. The van der Waals surface area contributed by atoms with Crippen LogP contribution in [0.25, 0.3) is 10.8 Å². The molecule has 0 radical (unpaired) electrons. The van der Waals surface area contributed by atoms with Gasteiger partial charge in [0.25, 0.3) is 5.91 Å². The Morgan fingerprint density at radius 3 is 2.58 bits per heavy atom. The summed E-state index contributed by atoms with van der Waals surface area (Å²) in [7, 11) is 0. The number of ether oxygens (including phenoxy) is 1. The maximum atomic E-state index is 12.5. The average molecular weight is 349 g/mol. The van der Waals surface area contributed by atoms with Gasteiger partial charge in [-0.3, -0.25) is 4.79 Å². The number of aliphatic hydroxyl groups excluding tert-OH is 1. The molecular formula is C22H23NO3. The second kappa shape index (κ2) is 8.02. The molecular weight excluding hydrogens is 326 g/mol. The molecule has 3 rings (SSSR count). The highest BCUT2D eigenvalue weighted by molar-refractivity contribution is 5.87. The lowest BCUT2D eigenvalue weighted by molar-refractivity contribution is -0.127. The summed E-state index contributed by atoms with van der Waals surface area (Å²) in [5.41, 5.74) is 1.82. The Morgan fingerprint density at radius 1 is 1.04 bits per heavy atom. The molecule has 134 valence electrons. The Bertz CT molecular complexity index is 901. The van der Waals surface area contributed by atoms with Crippen molar-refractivity contribution in [3.05, 3.63) is 77.9 Å². The first-order valence-corrected chi connectivity index (χ1v) is 8.73. The van der Waals surface area contributed by atoms with Crippen LogP contribution >= 0.6 is 0 Å². The van der Waals surface area contributed by atoms with Crippen molar-refractivity contribution in [1.29, 1.82) is 0 Å². The van der Waals surface area contributed by atoms with Crippen molar-refractivity contribution in [2.24, 2.45) is 0 Å². The van der Waals surface area contributed by atoms with Crippen LogP contribution in [0.2, 0.25) is 0 Å². The van der Waals surface area contributed by atoms with Gasteiger partial charge in [0.05, 0.1) is 12.6 Å². The minimum absolute atomic E-state index is 0.0596. The number of carbonyl (C=O) groups is 1. The number of aliphatic hydroxyl groups is 1. The van der Waals surface area contributed by atoms with Crippen molar-refractivity contribution in [3.8, 4) is 5.75 Å². The van der Waals surface area contributed by atoms with Crippen LogP contribution in [-0.2, 0) is 11.4 Å². The predicted molar refractivity (Wildman–Crippen MR) is 103 cm³/mol. The second-order valence-electron chi connectivity index (χ2n) is 6.36. The van der Waals surface area contributed by atoms with E-state index in [1.165, 1.54) is 0 Å². The lowest BCUT2D eigenvalue weighted by atomic mass is 9.99. The Labute approximate surface area is 153 Å². The molecule has 2 unspecified atom stereocenters. The first-order chi connectivity index (χ1) is 12.6. The van der Waals surface area contributed by atoms with E-state index in [9.17, 15) is 9.90 Å². The molecule has 3 aromatic carbocycles. The van der Waals surface area contributed by atoms with Crippen LogP contribution in [-0.4, -0.2) is 17.1 Å². The minimum Gasteiger partial charge on any atom is -0.481 e. The van der Waals surface area contributed by atoms with Crippen LogP contribution in [0.5, 0.6) is 5.75 Å². The van der Waals surface area contributed by atoms with Crippen LogP contribution < -0.4 is 10.1 Å². The Balaban J connectivity index is 1.70. The molecule has 0 aromatic heterocycles. The Kier molecular flexibility index (Phi) is 5.54. The van der Waals surface area contributed by atoms with Crippen LogP contribution in [0.1, 0.15) is 31.0 Å². The zero-order chi connectivity index (χ0) is 18.5. The van der Waals surface area contributed by atoms with Crippen molar-refractivity contribution in [3.63, 3.8) is 0 Å². The number of hydrogen-bond donors (Lipinski definition) is 2. The summed E-state index contributed by atoms with van der Waals surface area (Å²) in [5, 5.41) is 14.5. The Hall–Kier alpha value is -2.85. The molecule has 1 amide bonds. The normalized spacial score (nSPS) is 13.2. The first-order valence-electron chi connectivity index (χ1n) is 8.73. The molecule has 0 spiro atoms. The molecule has 2 atom stereocenters. The summed E-state index contributed by atoms with van der Waals surface area (Å²) in [5.74, 6) is 0.386. The van der Waals surface area contributed by atoms with E-state index in [0.29, 0.717) is 5.75 Å². The van der Waals surface area contributed by atoms with Crippen molar-refractivity contribution < 1.29 is 14.6 Å². The van der Waals surface area contributed by atoms with E-state index in [2.05, 4.69) is 23.5 Å². The monoisotopic (exact) mass is 349 g/mol. The van der Waals surface area contributed by atoms with E-state index >= 15 is 0 Å². The molecule has 3 aromatic rings. The lowest BCUT2D eigenvalue weighted by Gasteiger charge is -2.20. The van der Waals surface area contributed by atoms with E-state index in [4.69, 9.17) is 4.74 Å². The van der Waals surface area contributed by atoms with Gasteiger partial charge < -0.3 is 15.2 Å². The van der Waals surface area contributed by atoms with E-state index in [1.54, 1.807) is 31.2 Å². The summed E-state index contributed by atoms with van der Waals surface area (Å²) >= 11 is 0. The average Bonchev–Trinajstić information content (AvgIpc) is 2.67. The van der Waals surface area contributed by atoms with Gasteiger partial charge in [0.2, 0.25) is 0 Å². The number of benzene rings is 3. The number of hydrogen-bond acceptors (Lipinski definition) is 3. The van der Waals surface area contributed by atoms with Gasteiger partial charge in [-0.1, -0.05) is 54.6 Å². The molecule has 0 fully saturated rings. The van der Waals surface area contributed by atoms with Gasteiger partial charge >= 0.3 is 0 Å². The molecule has 0 aliphatic heterocycles. The van der Waals surface area contributed by atoms with Gasteiger partial charge in [-0.2, -0.15) is 0 Å². The molecule has 0 saturated heterocycles. The van der Waals surface area contributed by atoms with Gasteiger partial charge in [-0.05, 0) is 47.9 Å². The molecule has 2 N–H and O–H groups in total. The zero-order valence-electron chi connectivity index (χ0n) is 15.0. The summed E-state index contributed by atoms with van der Waals surface area (Å²) < 4.78 is 5.72. The standard InChI is InChI=1S/C22H23NO3/c1-15(20-12-6-9-18-8-3-4-11-21(18)20)23-22(25)16(2)26-19-10-5-7-17(13-19)14-24/h3-13,15-16,24H,14H2,1-2H3,(H,23,25). The summed E-state index contributed by atoms with van der Waals surface area (Å²) in [6, 6.07) is 21.2. The molecule has 0 bridgehead atoms. The molecule has 4 heteroatoms. The fourth-order valence-electron chi connectivity index (χ4n) is 3.01. The molecule has 26 heavy (non-hydrogen) atoms. The third-order valence-corrected chi connectivity index (χ3v) is 4.41. The molecule has 4 nitrogen and oxygen atoms in total. The molecule has 0 aliphatic carbocycles. The highest BCUT2D eigenvalue weighted by atomic mass is 16.5. The molecule has 0 heterocycles. The summed E-state index contributed by atoms with van der Waals surface area (Å²) in [6.45, 7) is 3.63. The number of amides is 1. The SMILES string of the molecule is CC(Oc1cccc(CO)c1)C(=O)NC(C)c1cccc2ccccc12. The fraction of sp³-hybridized carbons (Fsp3) is 0.227. The fourth-order valence-corrected chi connectivity index (χ4v) is 3.01. The van der Waals surface area contributed by atoms with Crippen molar-refractivity contribution >= 4 is 16.7 Å². The van der Waals surface area contributed by atoms with Crippen molar-refractivity contribution in [2.45, 2.75) is 32.6 Å². The first kappa shape index (κ1) is 18.0. The lowest BCUT2D eigenvalue weighted by Crippen LogP contribution is -2.37. The zero-order valence-corrected chi connectivity index (χ0v) is 15.0. The largest absolute Gasteiger partial charge is 0.481 e. The maximum Gasteiger partial charge on any atom is 0.261 e. The molecule has 0 saturated carbocycles. The number of carbonyl (C=O) groups excluding carboxylic acids is 1. The topological polar surface area (TPSA) is 58.6 Å². The van der Waals surface area contributed by atoms with E-state index in [-0.39, 0.29) is 18.6 Å². The molecule has 0 aliphatic rings. The van der Waals surface area contributed by atoms with Crippen LogP contribution in [0.4, 0.5) is 0 Å². The van der Waals surface area contributed by atoms with Crippen molar-refractivity contribution in [1.82, 2.24) is 5.32 Å².